The lowest BCUT2D eigenvalue weighted by atomic mass is 9.74. The highest BCUT2D eigenvalue weighted by molar-refractivity contribution is 6.01. The van der Waals surface area contributed by atoms with E-state index in [-0.39, 0.29) is 17.8 Å². The van der Waals surface area contributed by atoms with Crippen LogP contribution in [-0.2, 0) is 20.9 Å². The van der Waals surface area contributed by atoms with Gasteiger partial charge in [-0.25, -0.2) is 14.1 Å². The number of aryl methyl sites for hydroxylation is 2. The molecule has 2 aromatic rings. The van der Waals surface area contributed by atoms with E-state index in [1.54, 1.807) is 16.8 Å². The highest BCUT2D eigenvalue weighted by Gasteiger charge is 2.43. The first-order valence-electron chi connectivity index (χ1n) is 10.7. The predicted octanol–water partition coefficient (Wildman–Crippen LogP) is 2.53. The van der Waals surface area contributed by atoms with Gasteiger partial charge in [-0.1, -0.05) is 17.3 Å². The Morgan fingerprint density at radius 2 is 2.00 bits per heavy atom. The van der Waals surface area contributed by atoms with Crippen molar-refractivity contribution in [1.82, 2.24) is 20.1 Å². The number of ether oxygens (including phenoxy) is 1. The number of hydrogen-bond acceptors (Lipinski definition) is 6. The molecule has 2 aliphatic rings. The van der Waals surface area contributed by atoms with E-state index in [4.69, 9.17) is 9.57 Å². The number of carbonyl (C=O) groups is 1. The summed E-state index contributed by atoms with van der Waals surface area (Å²) in [5, 5.41) is 11.6. The summed E-state index contributed by atoms with van der Waals surface area (Å²) >= 11 is 0. The van der Waals surface area contributed by atoms with Crippen molar-refractivity contribution in [3.63, 3.8) is 0 Å². The summed E-state index contributed by atoms with van der Waals surface area (Å²) in [5.74, 6) is 1.29. The molecule has 0 bridgehead atoms. The molecule has 3 heterocycles. The molecule has 1 aromatic carbocycles. The Morgan fingerprint density at radius 3 is 2.68 bits per heavy atom. The number of nitrogens with one attached hydrogen (secondary N) is 1. The molecule has 0 spiro atoms. The van der Waals surface area contributed by atoms with Crippen LogP contribution in [0, 0.1) is 25.1 Å². The number of hydrogen-bond donors (Lipinski definition) is 1. The molecule has 1 N–H and O–H groups in total. The smallest absolute Gasteiger partial charge is 0.226 e. The third-order valence-electron chi connectivity index (χ3n) is 6.03. The molecule has 9 heteroatoms. The zero-order valence-corrected chi connectivity index (χ0v) is 17.9. The Balaban J connectivity index is 1.36. The lowest BCUT2D eigenvalue weighted by Gasteiger charge is -2.37. The molecule has 0 unspecified atom stereocenters. The summed E-state index contributed by atoms with van der Waals surface area (Å²) in [6.45, 7) is 5.90. The van der Waals surface area contributed by atoms with Gasteiger partial charge in [0.1, 0.15) is 23.6 Å². The van der Waals surface area contributed by atoms with E-state index in [1.807, 2.05) is 13.8 Å². The number of benzene rings is 1. The zero-order valence-electron chi connectivity index (χ0n) is 17.9. The maximum Gasteiger partial charge on any atom is 0.226 e. The second kappa shape index (κ2) is 9.13. The van der Waals surface area contributed by atoms with Crippen LogP contribution in [-0.4, -0.2) is 52.2 Å². The number of carbonyl (C=O) groups excluding carboxylic acids is 1. The third-order valence-corrected chi connectivity index (χ3v) is 6.03. The maximum atomic E-state index is 13.2. The van der Waals surface area contributed by atoms with Gasteiger partial charge in [0.15, 0.2) is 0 Å². The van der Waals surface area contributed by atoms with Crippen LogP contribution in [0.5, 0.6) is 0 Å². The Labute approximate surface area is 180 Å². The Bertz CT molecular complexity index is 951. The third kappa shape index (κ3) is 4.92. The van der Waals surface area contributed by atoms with Crippen LogP contribution in [0.25, 0.3) is 0 Å². The molecule has 1 atom stereocenters. The number of amides is 1. The van der Waals surface area contributed by atoms with Crippen molar-refractivity contribution in [3.8, 4) is 0 Å². The summed E-state index contributed by atoms with van der Waals surface area (Å²) in [4.78, 5) is 23.2. The number of aromatic nitrogens is 3. The van der Waals surface area contributed by atoms with Crippen molar-refractivity contribution in [2.75, 3.05) is 19.8 Å². The summed E-state index contributed by atoms with van der Waals surface area (Å²) in [6.07, 6.45) is 2.26. The SMILES string of the molecule is Cc1nc(C)n(CCNC(=O)C2(C[C@@H]3CC(c4ccc(F)cc4)=NO3)CCOCC2)n1. The number of halogens is 1. The van der Waals surface area contributed by atoms with E-state index in [9.17, 15) is 9.18 Å². The topological polar surface area (TPSA) is 90.6 Å². The van der Waals surface area contributed by atoms with E-state index in [2.05, 4.69) is 20.6 Å². The van der Waals surface area contributed by atoms with E-state index in [1.165, 1.54) is 12.1 Å². The highest BCUT2D eigenvalue weighted by atomic mass is 19.1. The average molecular weight is 429 g/mol. The Morgan fingerprint density at radius 1 is 1.26 bits per heavy atom. The fourth-order valence-electron chi connectivity index (χ4n) is 4.31. The lowest BCUT2D eigenvalue weighted by Crippen LogP contribution is -2.47. The summed E-state index contributed by atoms with van der Waals surface area (Å²) < 4.78 is 20.5. The minimum Gasteiger partial charge on any atom is -0.392 e. The molecule has 1 fully saturated rings. The van der Waals surface area contributed by atoms with Gasteiger partial charge in [-0.05, 0) is 44.4 Å². The summed E-state index contributed by atoms with van der Waals surface area (Å²) in [6, 6.07) is 6.23. The fraction of sp³-hybridized carbons (Fsp3) is 0.545. The normalized spacial score (nSPS) is 20.2. The van der Waals surface area contributed by atoms with Crippen LogP contribution < -0.4 is 5.32 Å². The first kappa shape index (κ1) is 21.4. The van der Waals surface area contributed by atoms with E-state index in [0.29, 0.717) is 52.0 Å². The molecule has 0 radical (unpaired) electrons. The molecule has 1 amide bonds. The lowest BCUT2D eigenvalue weighted by molar-refractivity contribution is -0.140. The van der Waals surface area contributed by atoms with Crippen LogP contribution in [0.1, 0.15) is 42.9 Å². The van der Waals surface area contributed by atoms with Crippen LogP contribution in [0.3, 0.4) is 0 Å². The van der Waals surface area contributed by atoms with E-state index in [0.717, 1.165) is 22.9 Å². The second-order valence-electron chi connectivity index (χ2n) is 8.26. The van der Waals surface area contributed by atoms with E-state index < -0.39 is 5.41 Å². The maximum absolute atomic E-state index is 13.2. The van der Waals surface area contributed by atoms with Crippen molar-refractivity contribution >= 4 is 11.6 Å². The summed E-state index contributed by atoms with van der Waals surface area (Å²) in [7, 11) is 0. The van der Waals surface area contributed by atoms with Gasteiger partial charge in [-0.2, -0.15) is 5.10 Å². The number of nitrogens with zero attached hydrogens (tertiary/aromatic N) is 4. The zero-order chi connectivity index (χ0) is 21.8. The molecule has 0 saturated carbocycles. The molecule has 8 nitrogen and oxygen atoms in total. The monoisotopic (exact) mass is 429 g/mol. The van der Waals surface area contributed by atoms with Crippen LogP contribution >= 0.6 is 0 Å². The molecule has 166 valence electrons. The number of oxime groups is 1. The van der Waals surface area contributed by atoms with Crippen molar-refractivity contribution in [1.29, 1.82) is 0 Å². The van der Waals surface area contributed by atoms with Gasteiger partial charge in [0.2, 0.25) is 5.91 Å². The van der Waals surface area contributed by atoms with Crippen molar-refractivity contribution < 1.29 is 18.8 Å². The average Bonchev–Trinajstić information content (AvgIpc) is 3.35. The minimum atomic E-state index is -0.552. The molecule has 1 saturated heterocycles. The molecule has 1 aromatic heterocycles. The molecule has 0 aliphatic carbocycles. The van der Waals surface area contributed by atoms with Crippen molar-refractivity contribution in [3.05, 3.63) is 47.3 Å². The largest absolute Gasteiger partial charge is 0.392 e. The quantitative estimate of drug-likeness (QED) is 0.730. The summed E-state index contributed by atoms with van der Waals surface area (Å²) in [5.41, 5.74) is 1.07. The Kier molecular flexibility index (Phi) is 6.31. The molecular formula is C22H28FN5O3. The van der Waals surface area contributed by atoms with Crippen molar-refractivity contribution in [2.24, 2.45) is 10.6 Å². The first-order chi connectivity index (χ1) is 14.9. The van der Waals surface area contributed by atoms with Gasteiger partial charge in [0.05, 0.1) is 17.7 Å². The van der Waals surface area contributed by atoms with Gasteiger partial charge in [-0.15, -0.1) is 0 Å². The van der Waals surface area contributed by atoms with Crippen LogP contribution in [0.15, 0.2) is 29.4 Å². The highest BCUT2D eigenvalue weighted by Crippen LogP contribution is 2.38. The first-order valence-corrected chi connectivity index (χ1v) is 10.7. The minimum absolute atomic E-state index is 0.0177. The van der Waals surface area contributed by atoms with Gasteiger partial charge in [0, 0.05) is 32.6 Å². The van der Waals surface area contributed by atoms with Crippen LogP contribution in [0.4, 0.5) is 4.39 Å². The van der Waals surface area contributed by atoms with Gasteiger partial charge < -0.3 is 14.9 Å². The number of rotatable bonds is 7. The predicted molar refractivity (Wildman–Crippen MR) is 112 cm³/mol. The molecule has 4 rings (SSSR count). The van der Waals surface area contributed by atoms with Gasteiger partial charge in [-0.3, -0.25) is 4.79 Å². The second-order valence-corrected chi connectivity index (χ2v) is 8.26. The van der Waals surface area contributed by atoms with Gasteiger partial charge >= 0.3 is 0 Å². The Hall–Kier alpha value is -2.81. The molecule has 31 heavy (non-hydrogen) atoms. The van der Waals surface area contributed by atoms with Crippen molar-refractivity contribution in [2.45, 2.75) is 52.2 Å². The van der Waals surface area contributed by atoms with Gasteiger partial charge in [0.25, 0.3) is 0 Å². The van der Waals surface area contributed by atoms with E-state index >= 15 is 0 Å². The fourth-order valence-corrected chi connectivity index (χ4v) is 4.31. The standard InChI is InChI=1S/C22H28FN5O3/c1-15-25-16(2)28(26-15)10-9-24-21(29)22(7-11-30-12-8-22)14-19-13-20(27-31-19)17-3-5-18(23)6-4-17/h3-6,19H,7-14H2,1-2H3,(H,24,29)/t19-/m0/s1. The van der Waals surface area contributed by atoms with Crippen LogP contribution in [0.2, 0.25) is 0 Å². The molecule has 2 aliphatic heterocycles. The molecular weight excluding hydrogens is 401 g/mol.